The summed E-state index contributed by atoms with van der Waals surface area (Å²) >= 11 is 0. The fraction of sp³-hybridized carbons (Fsp3) is 0.500. The van der Waals surface area contributed by atoms with Crippen LogP contribution in [0.1, 0.15) is 12.5 Å². The average Bonchev–Trinajstić information content (AvgIpc) is 2.38. The van der Waals surface area contributed by atoms with Crippen LogP contribution in [-0.4, -0.2) is 31.8 Å². The molecular weight excluding hydrogens is 236 g/mol. The van der Waals surface area contributed by atoms with E-state index in [1.54, 1.807) is 19.2 Å². The van der Waals surface area contributed by atoms with Crippen LogP contribution in [0.3, 0.4) is 0 Å². The van der Waals surface area contributed by atoms with Gasteiger partial charge < -0.3 is 14.8 Å². The minimum absolute atomic E-state index is 0.0170. The van der Waals surface area contributed by atoms with Gasteiger partial charge in [0.05, 0.1) is 18.1 Å². The van der Waals surface area contributed by atoms with E-state index < -0.39 is 4.92 Å². The third kappa shape index (κ3) is 3.97. The van der Waals surface area contributed by atoms with Crippen molar-refractivity contribution in [2.75, 3.05) is 20.8 Å². The Morgan fingerprint density at radius 1 is 1.44 bits per heavy atom. The first kappa shape index (κ1) is 14.4. The van der Waals surface area contributed by atoms with Crippen LogP contribution in [0.2, 0.25) is 0 Å². The Morgan fingerprint density at radius 2 is 2.17 bits per heavy atom. The van der Waals surface area contributed by atoms with Gasteiger partial charge in [0, 0.05) is 26.3 Å². The van der Waals surface area contributed by atoms with Gasteiger partial charge in [-0.05, 0) is 18.6 Å². The van der Waals surface area contributed by atoms with Crippen molar-refractivity contribution >= 4 is 5.69 Å². The molecule has 1 aromatic carbocycles. The zero-order chi connectivity index (χ0) is 13.5. The molecule has 1 N–H and O–H groups in total. The smallest absolute Gasteiger partial charge is 0.311 e. The van der Waals surface area contributed by atoms with Crippen molar-refractivity contribution in [3.05, 3.63) is 33.9 Å². The van der Waals surface area contributed by atoms with Gasteiger partial charge in [0.2, 0.25) is 0 Å². The molecule has 0 radical (unpaired) electrons. The summed E-state index contributed by atoms with van der Waals surface area (Å²) in [6.07, 6.45) is 0.109. The van der Waals surface area contributed by atoms with Crippen molar-refractivity contribution in [3.63, 3.8) is 0 Å². The minimum atomic E-state index is -0.444. The summed E-state index contributed by atoms with van der Waals surface area (Å²) in [6, 6.07) is 4.93. The molecule has 0 fully saturated rings. The zero-order valence-electron chi connectivity index (χ0n) is 10.8. The second-order valence-corrected chi connectivity index (χ2v) is 3.94. The summed E-state index contributed by atoms with van der Waals surface area (Å²) < 4.78 is 10.0. The van der Waals surface area contributed by atoms with Crippen molar-refractivity contribution in [3.8, 4) is 5.75 Å². The number of ether oxygens (including phenoxy) is 2. The highest BCUT2D eigenvalue weighted by Gasteiger charge is 2.14. The fourth-order valence-corrected chi connectivity index (χ4v) is 1.49. The lowest BCUT2D eigenvalue weighted by molar-refractivity contribution is -0.385. The van der Waals surface area contributed by atoms with Crippen molar-refractivity contribution < 1.29 is 14.4 Å². The van der Waals surface area contributed by atoms with Crippen LogP contribution < -0.4 is 10.1 Å². The van der Waals surface area contributed by atoms with Crippen molar-refractivity contribution in [2.45, 2.75) is 19.6 Å². The molecule has 1 unspecified atom stereocenters. The molecule has 100 valence electrons. The van der Waals surface area contributed by atoms with E-state index in [0.717, 1.165) is 5.56 Å². The molecule has 0 aliphatic carbocycles. The topological polar surface area (TPSA) is 73.6 Å². The van der Waals surface area contributed by atoms with E-state index in [9.17, 15) is 10.1 Å². The third-order valence-electron chi connectivity index (χ3n) is 2.60. The SMILES string of the molecule is COc1ccc(CNCC(C)OC)cc1[N+](=O)[O-]. The van der Waals surface area contributed by atoms with Crippen molar-refractivity contribution in [1.82, 2.24) is 5.32 Å². The molecule has 0 bridgehead atoms. The molecule has 0 heterocycles. The number of hydrogen-bond donors (Lipinski definition) is 1. The van der Waals surface area contributed by atoms with Crippen LogP contribution in [-0.2, 0) is 11.3 Å². The lowest BCUT2D eigenvalue weighted by Gasteiger charge is -2.11. The number of nitrogens with one attached hydrogen (secondary N) is 1. The molecule has 0 aliphatic rings. The van der Waals surface area contributed by atoms with Gasteiger partial charge in [-0.2, -0.15) is 0 Å². The first-order valence-corrected chi connectivity index (χ1v) is 5.63. The maximum absolute atomic E-state index is 10.8. The Kier molecular flexibility index (Phi) is 5.54. The van der Waals surface area contributed by atoms with Crippen molar-refractivity contribution in [1.29, 1.82) is 0 Å². The second-order valence-electron chi connectivity index (χ2n) is 3.94. The predicted molar refractivity (Wildman–Crippen MR) is 67.8 cm³/mol. The molecule has 0 saturated carbocycles. The van der Waals surface area contributed by atoms with Gasteiger partial charge in [-0.25, -0.2) is 0 Å². The Hall–Kier alpha value is -1.66. The summed E-state index contributed by atoms with van der Waals surface area (Å²) in [5.41, 5.74) is 0.822. The van der Waals surface area contributed by atoms with E-state index in [-0.39, 0.29) is 17.5 Å². The van der Waals surface area contributed by atoms with Gasteiger partial charge in [0.25, 0.3) is 0 Å². The molecule has 0 aromatic heterocycles. The number of nitro groups is 1. The van der Waals surface area contributed by atoms with Crippen LogP contribution >= 0.6 is 0 Å². The highest BCUT2D eigenvalue weighted by Crippen LogP contribution is 2.27. The van der Waals surface area contributed by atoms with E-state index in [1.807, 2.05) is 6.92 Å². The van der Waals surface area contributed by atoms with Gasteiger partial charge in [-0.15, -0.1) is 0 Å². The highest BCUT2D eigenvalue weighted by molar-refractivity contribution is 5.48. The van der Waals surface area contributed by atoms with Gasteiger partial charge in [0.15, 0.2) is 5.75 Å². The normalized spacial score (nSPS) is 12.2. The molecule has 0 saturated heterocycles. The van der Waals surface area contributed by atoms with Gasteiger partial charge >= 0.3 is 5.69 Å². The summed E-state index contributed by atoms with van der Waals surface area (Å²) in [6.45, 7) is 3.19. The van der Waals surface area contributed by atoms with Crippen LogP contribution in [0.25, 0.3) is 0 Å². The van der Waals surface area contributed by atoms with Gasteiger partial charge in [-0.1, -0.05) is 6.07 Å². The molecule has 0 aliphatic heterocycles. The van der Waals surface area contributed by atoms with Crippen molar-refractivity contribution in [2.24, 2.45) is 0 Å². The highest BCUT2D eigenvalue weighted by atomic mass is 16.6. The Balaban J connectivity index is 2.67. The van der Waals surface area contributed by atoms with Gasteiger partial charge in [-0.3, -0.25) is 10.1 Å². The number of benzene rings is 1. The second kappa shape index (κ2) is 6.93. The first-order valence-electron chi connectivity index (χ1n) is 5.63. The summed E-state index contributed by atoms with van der Waals surface area (Å²) in [7, 11) is 3.06. The lowest BCUT2D eigenvalue weighted by atomic mass is 10.2. The van der Waals surface area contributed by atoms with E-state index in [1.165, 1.54) is 13.2 Å². The third-order valence-corrected chi connectivity index (χ3v) is 2.60. The average molecular weight is 254 g/mol. The minimum Gasteiger partial charge on any atom is -0.490 e. The Morgan fingerprint density at radius 3 is 2.72 bits per heavy atom. The molecule has 6 nitrogen and oxygen atoms in total. The quantitative estimate of drug-likeness (QED) is 0.592. The lowest BCUT2D eigenvalue weighted by Crippen LogP contribution is -2.25. The number of rotatable bonds is 7. The molecular formula is C12H18N2O4. The van der Waals surface area contributed by atoms with Gasteiger partial charge in [0.1, 0.15) is 0 Å². The first-order chi connectivity index (χ1) is 8.58. The van der Waals surface area contributed by atoms with Crippen LogP contribution in [0, 0.1) is 10.1 Å². The summed E-state index contributed by atoms with van der Waals surface area (Å²) in [5.74, 6) is 0.272. The van der Waals surface area contributed by atoms with E-state index >= 15 is 0 Å². The van der Waals surface area contributed by atoms with E-state index in [4.69, 9.17) is 9.47 Å². The van der Waals surface area contributed by atoms with Crippen LogP contribution in [0.5, 0.6) is 5.75 Å². The fourth-order valence-electron chi connectivity index (χ4n) is 1.49. The molecule has 0 amide bonds. The largest absolute Gasteiger partial charge is 0.490 e. The number of methoxy groups -OCH3 is 2. The maximum atomic E-state index is 10.8. The Labute approximate surface area is 106 Å². The monoisotopic (exact) mass is 254 g/mol. The molecule has 0 spiro atoms. The standard InChI is InChI=1S/C12H18N2O4/c1-9(17-2)7-13-8-10-4-5-12(18-3)11(6-10)14(15)16/h4-6,9,13H,7-8H2,1-3H3. The molecule has 1 rings (SSSR count). The summed E-state index contributed by atoms with van der Waals surface area (Å²) in [5, 5.41) is 14.0. The Bertz CT molecular complexity index is 409. The predicted octanol–water partition coefficient (Wildman–Crippen LogP) is 1.73. The molecule has 18 heavy (non-hydrogen) atoms. The zero-order valence-corrected chi connectivity index (χ0v) is 10.8. The van der Waals surface area contributed by atoms with E-state index in [0.29, 0.717) is 13.1 Å². The van der Waals surface area contributed by atoms with Crippen LogP contribution in [0.15, 0.2) is 18.2 Å². The molecule has 6 heteroatoms. The number of nitrogens with zero attached hydrogens (tertiary/aromatic N) is 1. The number of hydrogen-bond acceptors (Lipinski definition) is 5. The summed E-state index contributed by atoms with van der Waals surface area (Å²) in [4.78, 5) is 10.4. The number of nitro benzene ring substituents is 1. The van der Waals surface area contributed by atoms with E-state index in [2.05, 4.69) is 5.32 Å². The molecule has 1 atom stereocenters. The maximum Gasteiger partial charge on any atom is 0.311 e. The van der Waals surface area contributed by atoms with Crippen LogP contribution in [0.4, 0.5) is 5.69 Å². The molecule has 1 aromatic rings.